The Labute approximate surface area is 92.6 Å². The molecule has 0 rings (SSSR count). The Morgan fingerprint density at radius 3 is 1.81 bits per heavy atom. The van der Waals surface area contributed by atoms with Crippen molar-refractivity contribution in [2.75, 3.05) is 33.5 Å². The average Bonchev–Trinajstić information content (AvgIpc) is 2.29. The van der Waals surface area contributed by atoms with Gasteiger partial charge in [-0.15, -0.1) is 0 Å². The summed E-state index contributed by atoms with van der Waals surface area (Å²) in [7, 11) is 1.16. The third kappa shape index (κ3) is 2.42. The fraction of sp³-hybridized carbons (Fsp3) is 0.875. The summed E-state index contributed by atoms with van der Waals surface area (Å²) >= 11 is 0. The number of urea groups is 1. The predicted octanol–water partition coefficient (Wildman–Crippen LogP) is -3.25. The minimum Gasteiger partial charge on any atom is -0.394 e. The molecule has 0 saturated carbocycles. The summed E-state index contributed by atoms with van der Waals surface area (Å²) in [6, 6.07) is -1.02. The zero-order valence-corrected chi connectivity index (χ0v) is 9.01. The van der Waals surface area contributed by atoms with Gasteiger partial charge in [0.15, 0.2) is 0 Å². The Morgan fingerprint density at radius 2 is 1.62 bits per heavy atom. The Morgan fingerprint density at radius 1 is 1.19 bits per heavy atom. The van der Waals surface area contributed by atoms with Crippen LogP contribution in [0.4, 0.5) is 4.79 Å². The number of aliphatic hydroxyl groups excluding tert-OH is 4. The topological polar surface area (TPSA) is 145 Å². The normalized spacial score (nSPS) is 12.6. The molecule has 8 heteroatoms. The lowest BCUT2D eigenvalue weighted by Crippen LogP contribution is -2.73. The highest BCUT2D eigenvalue weighted by Gasteiger charge is 2.52. The molecule has 0 radical (unpaired) electrons. The highest BCUT2D eigenvalue weighted by Crippen LogP contribution is 2.25. The summed E-state index contributed by atoms with van der Waals surface area (Å²) in [4.78, 5) is 10.8. The molecule has 0 unspecified atom stereocenters. The number of hydrogen-bond acceptors (Lipinski definition) is 6. The van der Waals surface area contributed by atoms with Crippen LogP contribution in [-0.2, 0) is 4.74 Å². The van der Waals surface area contributed by atoms with Gasteiger partial charge in [0.2, 0.25) is 0 Å². The molecule has 0 aromatic heterocycles. The molecule has 0 aliphatic heterocycles. The van der Waals surface area contributed by atoms with Crippen LogP contribution in [0.2, 0.25) is 0 Å². The zero-order valence-electron chi connectivity index (χ0n) is 9.01. The van der Waals surface area contributed by atoms with Crippen molar-refractivity contribution in [2.24, 2.45) is 5.73 Å². The molecule has 0 aromatic carbocycles. The first-order chi connectivity index (χ1) is 7.47. The van der Waals surface area contributed by atoms with Crippen molar-refractivity contribution in [2.45, 2.75) is 11.1 Å². The Kier molecular flexibility index (Phi) is 5.62. The number of amides is 2. The lowest BCUT2D eigenvalue weighted by molar-refractivity contribution is -0.161. The smallest absolute Gasteiger partial charge is 0.312 e. The molecule has 0 saturated heterocycles. The highest BCUT2D eigenvalue weighted by molar-refractivity contribution is 5.73. The number of rotatable bonds is 7. The third-order valence-electron chi connectivity index (χ3n) is 2.68. The molecule has 0 bridgehead atoms. The van der Waals surface area contributed by atoms with E-state index in [1.807, 2.05) is 0 Å². The second kappa shape index (κ2) is 5.97. The molecular formula is C8H18N2O6. The summed E-state index contributed by atoms with van der Waals surface area (Å²) in [6.07, 6.45) is 0. The van der Waals surface area contributed by atoms with Crippen molar-refractivity contribution in [1.29, 1.82) is 0 Å². The summed E-state index contributed by atoms with van der Waals surface area (Å²) in [6.45, 7) is -2.97. The second-order valence-corrected chi connectivity index (χ2v) is 3.40. The number of methoxy groups -OCH3 is 1. The molecule has 0 aliphatic carbocycles. The standard InChI is InChI=1S/C8H18N2O6/c1-16-8(4-13,5-14)7(2-11,3-12)10-6(9)15/h11-14H,2-5H2,1H3,(H3,9,10,15). The fourth-order valence-electron chi connectivity index (χ4n) is 1.44. The largest absolute Gasteiger partial charge is 0.394 e. The molecule has 0 aliphatic rings. The minimum atomic E-state index is -1.77. The predicted molar refractivity (Wildman–Crippen MR) is 53.5 cm³/mol. The molecule has 2 amide bonds. The summed E-state index contributed by atoms with van der Waals surface area (Å²) < 4.78 is 4.89. The van der Waals surface area contributed by atoms with Crippen LogP contribution in [0.1, 0.15) is 0 Å². The van der Waals surface area contributed by atoms with E-state index in [0.717, 1.165) is 7.11 Å². The number of nitrogens with one attached hydrogen (secondary N) is 1. The Balaban J connectivity index is 5.33. The van der Waals surface area contributed by atoms with Crippen LogP contribution >= 0.6 is 0 Å². The van der Waals surface area contributed by atoms with Crippen LogP contribution in [-0.4, -0.2) is 71.1 Å². The molecule has 0 heterocycles. The molecule has 0 fully saturated rings. The molecule has 16 heavy (non-hydrogen) atoms. The number of ether oxygens (including phenoxy) is 1. The fourth-order valence-corrected chi connectivity index (χ4v) is 1.44. The van der Waals surface area contributed by atoms with Crippen LogP contribution in [0.3, 0.4) is 0 Å². The molecule has 7 N–H and O–H groups in total. The molecule has 0 aromatic rings. The van der Waals surface area contributed by atoms with Gasteiger partial charge in [0, 0.05) is 7.11 Å². The average molecular weight is 238 g/mol. The third-order valence-corrected chi connectivity index (χ3v) is 2.68. The maximum Gasteiger partial charge on any atom is 0.312 e. The van der Waals surface area contributed by atoms with Gasteiger partial charge in [-0.2, -0.15) is 0 Å². The van der Waals surface area contributed by atoms with E-state index in [-0.39, 0.29) is 0 Å². The minimum absolute atomic E-state index is 0.721. The van der Waals surface area contributed by atoms with Gasteiger partial charge in [0.05, 0.1) is 26.4 Å². The number of carbonyl (C=O) groups is 1. The van der Waals surface area contributed by atoms with Gasteiger partial charge in [-0.25, -0.2) is 4.79 Å². The molecule has 0 atom stereocenters. The van der Waals surface area contributed by atoms with Crippen molar-refractivity contribution >= 4 is 6.03 Å². The van der Waals surface area contributed by atoms with E-state index in [1.165, 1.54) is 0 Å². The van der Waals surface area contributed by atoms with Gasteiger partial charge in [-0.3, -0.25) is 0 Å². The number of aliphatic hydroxyl groups is 4. The second-order valence-electron chi connectivity index (χ2n) is 3.40. The lowest BCUT2D eigenvalue weighted by atomic mass is 9.81. The zero-order chi connectivity index (χ0) is 12.8. The van der Waals surface area contributed by atoms with Crippen molar-refractivity contribution in [3.05, 3.63) is 0 Å². The van der Waals surface area contributed by atoms with Crippen molar-refractivity contribution in [3.63, 3.8) is 0 Å². The summed E-state index contributed by atoms with van der Waals surface area (Å²) in [5.41, 5.74) is 1.40. The molecule has 8 nitrogen and oxygen atoms in total. The lowest BCUT2D eigenvalue weighted by Gasteiger charge is -2.45. The van der Waals surface area contributed by atoms with Gasteiger partial charge < -0.3 is 36.2 Å². The Hall–Kier alpha value is -0.930. The highest BCUT2D eigenvalue weighted by atomic mass is 16.5. The first-order valence-corrected chi connectivity index (χ1v) is 4.53. The number of primary amides is 1. The quantitative estimate of drug-likeness (QED) is 0.275. The van der Waals surface area contributed by atoms with Crippen molar-refractivity contribution < 1.29 is 30.0 Å². The number of nitrogens with two attached hydrogens (primary N) is 1. The van der Waals surface area contributed by atoms with Crippen LogP contribution in [0.25, 0.3) is 0 Å². The van der Waals surface area contributed by atoms with E-state index in [2.05, 4.69) is 5.32 Å². The van der Waals surface area contributed by atoms with E-state index in [0.29, 0.717) is 0 Å². The number of hydrogen-bond donors (Lipinski definition) is 6. The van der Waals surface area contributed by atoms with Crippen molar-refractivity contribution in [1.82, 2.24) is 5.32 Å². The van der Waals surface area contributed by atoms with E-state index >= 15 is 0 Å². The summed E-state index contributed by atoms with van der Waals surface area (Å²) in [5, 5.41) is 38.9. The van der Waals surface area contributed by atoms with Crippen LogP contribution < -0.4 is 11.1 Å². The van der Waals surface area contributed by atoms with Crippen LogP contribution in [0.15, 0.2) is 0 Å². The van der Waals surface area contributed by atoms with E-state index in [1.54, 1.807) is 0 Å². The van der Waals surface area contributed by atoms with Crippen LogP contribution in [0, 0.1) is 0 Å². The summed E-state index contributed by atoms with van der Waals surface area (Å²) in [5.74, 6) is 0. The monoisotopic (exact) mass is 238 g/mol. The van der Waals surface area contributed by atoms with Gasteiger partial charge in [-0.1, -0.05) is 0 Å². The first kappa shape index (κ1) is 15.1. The van der Waals surface area contributed by atoms with E-state index in [9.17, 15) is 25.2 Å². The van der Waals surface area contributed by atoms with E-state index in [4.69, 9.17) is 10.5 Å². The molecular weight excluding hydrogens is 220 g/mol. The van der Waals surface area contributed by atoms with E-state index < -0.39 is 43.6 Å². The maximum atomic E-state index is 10.8. The van der Waals surface area contributed by atoms with Gasteiger partial charge in [0.25, 0.3) is 0 Å². The molecule has 96 valence electrons. The SMILES string of the molecule is COC(CO)(CO)C(CO)(CO)NC(N)=O. The number of carbonyl (C=O) groups excluding carboxylic acids is 1. The van der Waals surface area contributed by atoms with Crippen molar-refractivity contribution in [3.8, 4) is 0 Å². The molecule has 0 spiro atoms. The van der Waals surface area contributed by atoms with Gasteiger partial charge in [0.1, 0.15) is 11.1 Å². The van der Waals surface area contributed by atoms with Gasteiger partial charge >= 0.3 is 6.03 Å². The first-order valence-electron chi connectivity index (χ1n) is 4.53. The maximum absolute atomic E-state index is 10.8. The van der Waals surface area contributed by atoms with Gasteiger partial charge in [-0.05, 0) is 0 Å². The Bertz CT molecular complexity index is 218. The van der Waals surface area contributed by atoms with Crippen LogP contribution in [0.5, 0.6) is 0 Å².